The first-order chi connectivity index (χ1) is 11.0. The summed E-state index contributed by atoms with van der Waals surface area (Å²) < 4.78 is 0. The largest absolute Gasteiger partial charge is 0.306 e. The highest BCUT2D eigenvalue weighted by Crippen LogP contribution is 2.18. The molecule has 2 heterocycles. The summed E-state index contributed by atoms with van der Waals surface area (Å²) in [6, 6.07) is 6.86. The highest BCUT2D eigenvalue weighted by Gasteiger charge is 2.14. The summed E-state index contributed by atoms with van der Waals surface area (Å²) in [4.78, 5) is 35.9. The van der Waals surface area contributed by atoms with E-state index >= 15 is 0 Å². The van der Waals surface area contributed by atoms with E-state index < -0.39 is 11.5 Å². The molecule has 0 saturated heterocycles. The summed E-state index contributed by atoms with van der Waals surface area (Å²) in [5.41, 5.74) is 0.111. The number of nitrogens with one attached hydrogen (secondary N) is 2. The van der Waals surface area contributed by atoms with Gasteiger partial charge in [0.25, 0.3) is 11.5 Å². The van der Waals surface area contributed by atoms with E-state index in [1.165, 1.54) is 17.5 Å². The third kappa shape index (κ3) is 3.46. The smallest absolute Gasteiger partial charge is 0.264 e. The molecule has 0 fully saturated rings. The van der Waals surface area contributed by atoms with Crippen molar-refractivity contribution in [3.8, 4) is 11.4 Å². The van der Waals surface area contributed by atoms with Crippen molar-refractivity contribution in [3.05, 3.63) is 62.5 Å². The first-order valence-corrected chi connectivity index (χ1v) is 7.81. The molecule has 23 heavy (non-hydrogen) atoms. The minimum absolute atomic E-state index is 0.0735. The van der Waals surface area contributed by atoms with Gasteiger partial charge in [-0.15, -0.1) is 11.3 Å². The van der Waals surface area contributed by atoms with Crippen LogP contribution >= 0.6 is 22.9 Å². The van der Waals surface area contributed by atoms with Crippen molar-refractivity contribution in [2.24, 2.45) is 0 Å². The summed E-state index contributed by atoms with van der Waals surface area (Å²) in [5, 5.41) is 3.60. The molecule has 0 aliphatic rings. The number of rotatable bonds is 3. The van der Waals surface area contributed by atoms with E-state index in [0.29, 0.717) is 21.5 Å². The van der Waals surface area contributed by atoms with Gasteiger partial charge in [0.15, 0.2) is 5.13 Å². The van der Waals surface area contributed by atoms with Crippen LogP contribution in [0.25, 0.3) is 11.4 Å². The molecule has 0 atom stereocenters. The van der Waals surface area contributed by atoms with Crippen LogP contribution in [-0.2, 0) is 0 Å². The maximum atomic E-state index is 12.1. The molecule has 0 aliphatic heterocycles. The van der Waals surface area contributed by atoms with E-state index in [9.17, 15) is 9.59 Å². The summed E-state index contributed by atoms with van der Waals surface area (Å²) in [5.74, 6) is -0.177. The lowest BCUT2D eigenvalue weighted by atomic mass is 10.2. The number of nitrogens with zero attached hydrogens (tertiary/aromatic N) is 2. The standard InChI is InChI=1S/C15H11ClN4O2S/c1-8-6-18-15(23-8)20-14(22)11-7-17-12(19-13(11)21)9-2-4-10(16)5-3-9/h2-7H,1H3,(H,17,19,21)(H,18,20,22). The predicted octanol–water partition coefficient (Wildman–Crippen LogP) is 3.11. The number of carbonyl (C=O) groups is 1. The Kier molecular flexibility index (Phi) is 4.22. The normalized spacial score (nSPS) is 10.5. The maximum Gasteiger partial charge on any atom is 0.264 e. The summed E-state index contributed by atoms with van der Waals surface area (Å²) >= 11 is 7.16. The van der Waals surface area contributed by atoms with Gasteiger partial charge in [0.05, 0.1) is 0 Å². The molecule has 0 radical (unpaired) electrons. The van der Waals surface area contributed by atoms with Crippen molar-refractivity contribution < 1.29 is 4.79 Å². The fourth-order valence-corrected chi connectivity index (χ4v) is 2.67. The molecular formula is C15H11ClN4O2S. The van der Waals surface area contributed by atoms with Gasteiger partial charge in [-0.2, -0.15) is 0 Å². The first kappa shape index (κ1) is 15.4. The third-order valence-electron chi connectivity index (χ3n) is 3.00. The van der Waals surface area contributed by atoms with Crippen molar-refractivity contribution in [1.29, 1.82) is 0 Å². The predicted molar refractivity (Wildman–Crippen MR) is 90.1 cm³/mol. The zero-order valence-electron chi connectivity index (χ0n) is 12.0. The van der Waals surface area contributed by atoms with E-state index in [1.54, 1.807) is 30.5 Å². The highest BCUT2D eigenvalue weighted by molar-refractivity contribution is 7.15. The van der Waals surface area contributed by atoms with Crippen LogP contribution in [0.15, 0.2) is 41.5 Å². The van der Waals surface area contributed by atoms with Crippen LogP contribution in [0, 0.1) is 6.92 Å². The monoisotopic (exact) mass is 346 g/mol. The zero-order valence-corrected chi connectivity index (χ0v) is 13.5. The number of aryl methyl sites for hydroxylation is 1. The average Bonchev–Trinajstić information content (AvgIpc) is 2.92. The Hall–Kier alpha value is -2.51. The van der Waals surface area contributed by atoms with Gasteiger partial charge < -0.3 is 4.98 Å². The molecule has 0 spiro atoms. The Morgan fingerprint density at radius 3 is 2.57 bits per heavy atom. The Bertz CT molecular complexity index is 918. The minimum Gasteiger partial charge on any atom is -0.306 e. The molecule has 1 amide bonds. The van der Waals surface area contributed by atoms with E-state index in [0.717, 1.165) is 4.88 Å². The second-order valence-electron chi connectivity index (χ2n) is 4.71. The lowest BCUT2D eigenvalue weighted by Gasteiger charge is -2.03. The van der Waals surface area contributed by atoms with E-state index in [4.69, 9.17) is 11.6 Å². The fraction of sp³-hybridized carbons (Fsp3) is 0.0667. The van der Waals surface area contributed by atoms with Gasteiger partial charge in [-0.1, -0.05) is 11.6 Å². The summed E-state index contributed by atoms with van der Waals surface area (Å²) in [6.45, 7) is 1.88. The van der Waals surface area contributed by atoms with Crippen LogP contribution in [0.4, 0.5) is 5.13 Å². The SMILES string of the molecule is Cc1cnc(NC(=O)c2cnc(-c3ccc(Cl)cc3)[nH]c2=O)s1. The quantitative estimate of drug-likeness (QED) is 0.762. The second-order valence-corrected chi connectivity index (χ2v) is 6.38. The van der Waals surface area contributed by atoms with E-state index in [-0.39, 0.29) is 5.56 Å². The first-order valence-electron chi connectivity index (χ1n) is 6.62. The van der Waals surface area contributed by atoms with Gasteiger partial charge in [0.1, 0.15) is 11.4 Å². The highest BCUT2D eigenvalue weighted by atomic mass is 35.5. The third-order valence-corrected chi connectivity index (χ3v) is 4.08. The van der Waals surface area contributed by atoms with Crippen LogP contribution in [0.3, 0.4) is 0 Å². The Balaban J connectivity index is 1.85. The topological polar surface area (TPSA) is 87.7 Å². The molecule has 8 heteroatoms. The van der Waals surface area contributed by atoms with Gasteiger partial charge >= 0.3 is 0 Å². The van der Waals surface area contributed by atoms with Gasteiger partial charge in [-0.3, -0.25) is 14.9 Å². The number of thiazole rings is 1. The molecule has 0 bridgehead atoms. The van der Waals surface area contributed by atoms with Gasteiger partial charge in [-0.25, -0.2) is 9.97 Å². The molecule has 0 saturated carbocycles. The number of halogens is 1. The Labute approximate surface area is 140 Å². The molecule has 2 aromatic heterocycles. The number of aromatic amines is 1. The summed E-state index contributed by atoms with van der Waals surface area (Å²) in [6.07, 6.45) is 2.89. The van der Waals surface area contributed by atoms with Crippen molar-refractivity contribution in [2.75, 3.05) is 5.32 Å². The second kappa shape index (κ2) is 6.31. The summed E-state index contributed by atoms with van der Waals surface area (Å²) in [7, 11) is 0. The number of benzene rings is 1. The molecule has 3 aromatic rings. The van der Waals surface area contributed by atoms with Crippen LogP contribution in [0.1, 0.15) is 15.2 Å². The number of amides is 1. The van der Waals surface area contributed by atoms with Crippen LogP contribution in [0.2, 0.25) is 5.02 Å². The minimum atomic E-state index is -0.546. The molecule has 6 nitrogen and oxygen atoms in total. The number of anilines is 1. The van der Waals surface area contributed by atoms with Crippen LogP contribution < -0.4 is 10.9 Å². The number of H-pyrrole nitrogens is 1. The molecule has 3 rings (SSSR count). The molecule has 1 aromatic carbocycles. The molecular weight excluding hydrogens is 336 g/mol. The van der Waals surface area contributed by atoms with Crippen molar-refractivity contribution in [3.63, 3.8) is 0 Å². The maximum absolute atomic E-state index is 12.1. The molecule has 0 aliphatic carbocycles. The molecule has 116 valence electrons. The number of hydrogen-bond donors (Lipinski definition) is 2. The van der Waals surface area contributed by atoms with Crippen molar-refractivity contribution in [2.45, 2.75) is 6.92 Å². The Morgan fingerprint density at radius 1 is 1.22 bits per heavy atom. The van der Waals surface area contributed by atoms with E-state index in [2.05, 4.69) is 20.3 Å². The van der Waals surface area contributed by atoms with E-state index in [1.807, 2.05) is 6.92 Å². The van der Waals surface area contributed by atoms with Gasteiger partial charge in [0, 0.05) is 27.9 Å². The van der Waals surface area contributed by atoms with Crippen LogP contribution in [-0.4, -0.2) is 20.9 Å². The molecule has 2 N–H and O–H groups in total. The number of hydrogen-bond acceptors (Lipinski definition) is 5. The molecule has 0 unspecified atom stereocenters. The lowest BCUT2D eigenvalue weighted by molar-refractivity contribution is 0.102. The van der Waals surface area contributed by atoms with Crippen LogP contribution in [0.5, 0.6) is 0 Å². The number of carbonyl (C=O) groups excluding carboxylic acids is 1. The average molecular weight is 347 g/mol. The zero-order chi connectivity index (χ0) is 16.4. The van der Waals surface area contributed by atoms with Gasteiger partial charge in [0.2, 0.25) is 0 Å². The number of aromatic nitrogens is 3. The Morgan fingerprint density at radius 2 is 1.96 bits per heavy atom. The fourth-order valence-electron chi connectivity index (χ4n) is 1.89. The lowest BCUT2D eigenvalue weighted by Crippen LogP contribution is -2.24. The van der Waals surface area contributed by atoms with Gasteiger partial charge in [-0.05, 0) is 31.2 Å². The van der Waals surface area contributed by atoms with Crippen molar-refractivity contribution >= 4 is 34.0 Å². The van der Waals surface area contributed by atoms with Crippen molar-refractivity contribution in [1.82, 2.24) is 15.0 Å².